The highest BCUT2D eigenvalue weighted by atomic mass is 19.1. The van der Waals surface area contributed by atoms with Gasteiger partial charge in [0.25, 0.3) is 0 Å². The van der Waals surface area contributed by atoms with Crippen molar-refractivity contribution in [1.29, 1.82) is 0 Å². The van der Waals surface area contributed by atoms with E-state index in [9.17, 15) is 9.18 Å². The van der Waals surface area contributed by atoms with Crippen LogP contribution in [0.3, 0.4) is 0 Å². The molecule has 0 saturated carbocycles. The predicted molar refractivity (Wildman–Crippen MR) is 76.5 cm³/mol. The second kappa shape index (κ2) is 6.80. The summed E-state index contributed by atoms with van der Waals surface area (Å²) in [6.07, 6.45) is -0.0950. The van der Waals surface area contributed by atoms with Crippen molar-refractivity contribution in [2.45, 2.75) is 32.8 Å². The Hall–Kier alpha value is -2.22. The first-order chi connectivity index (χ1) is 9.28. The molecule has 3 N–H and O–H groups in total. The number of nitrogens with one attached hydrogen (secondary N) is 1. The Morgan fingerprint density at radius 3 is 2.80 bits per heavy atom. The fourth-order valence-electron chi connectivity index (χ4n) is 1.34. The molecule has 0 aliphatic rings. The molecule has 0 saturated heterocycles. The summed E-state index contributed by atoms with van der Waals surface area (Å²) in [5.74, 6) is 5.04. The molecular formula is C15H19FN2O2. The molecule has 5 heteroatoms. The number of alkyl carbamates (subject to hydrolysis) is 1. The Labute approximate surface area is 118 Å². The average Bonchev–Trinajstić information content (AvgIpc) is 2.30. The summed E-state index contributed by atoms with van der Waals surface area (Å²) < 4.78 is 18.4. The largest absolute Gasteiger partial charge is 0.444 e. The number of ether oxygens (including phenoxy) is 1. The average molecular weight is 278 g/mol. The van der Waals surface area contributed by atoms with Crippen LogP contribution in [-0.4, -0.2) is 18.2 Å². The molecule has 0 spiro atoms. The lowest BCUT2D eigenvalue weighted by Crippen LogP contribution is -2.32. The number of amides is 1. The summed E-state index contributed by atoms with van der Waals surface area (Å²) in [6.45, 7) is 5.70. The Bertz CT molecular complexity index is 539. The predicted octanol–water partition coefficient (Wildman–Crippen LogP) is 2.67. The van der Waals surface area contributed by atoms with Gasteiger partial charge >= 0.3 is 6.09 Å². The number of hydrogen-bond donors (Lipinski definition) is 2. The summed E-state index contributed by atoms with van der Waals surface area (Å²) in [4.78, 5) is 11.3. The van der Waals surface area contributed by atoms with E-state index < -0.39 is 17.5 Å². The minimum atomic E-state index is -0.527. The number of anilines is 1. The van der Waals surface area contributed by atoms with Gasteiger partial charge in [-0.2, -0.15) is 0 Å². The first kappa shape index (κ1) is 15.8. The van der Waals surface area contributed by atoms with Gasteiger partial charge in [0.15, 0.2) is 0 Å². The lowest BCUT2D eigenvalue weighted by molar-refractivity contribution is 0.0529. The maximum Gasteiger partial charge on any atom is 0.407 e. The van der Waals surface area contributed by atoms with Crippen LogP contribution in [0.4, 0.5) is 14.9 Å². The first-order valence-electron chi connectivity index (χ1n) is 6.29. The molecule has 20 heavy (non-hydrogen) atoms. The van der Waals surface area contributed by atoms with Gasteiger partial charge in [-0.05, 0) is 39.0 Å². The highest BCUT2D eigenvalue weighted by molar-refractivity contribution is 5.67. The van der Waals surface area contributed by atoms with Crippen molar-refractivity contribution < 1.29 is 13.9 Å². The van der Waals surface area contributed by atoms with E-state index >= 15 is 0 Å². The van der Waals surface area contributed by atoms with E-state index in [0.29, 0.717) is 18.7 Å². The van der Waals surface area contributed by atoms with Crippen molar-refractivity contribution in [1.82, 2.24) is 5.32 Å². The molecular weight excluding hydrogens is 259 g/mol. The number of nitrogen functional groups attached to an aromatic ring is 1. The molecule has 1 amide bonds. The Balaban J connectivity index is 2.40. The number of benzene rings is 1. The standard InChI is InChI=1S/C15H19FN2O2/c1-15(2,3)20-14(19)18-9-5-4-6-11-10-12(17)7-8-13(11)16/h7-8,10H,5,9,17H2,1-3H3,(H,18,19). The number of carbonyl (C=O) groups excluding carboxylic acids is 1. The summed E-state index contributed by atoms with van der Waals surface area (Å²) in [6, 6.07) is 4.23. The minimum Gasteiger partial charge on any atom is -0.444 e. The van der Waals surface area contributed by atoms with Gasteiger partial charge in [0.2, 0.25) is 0 Å². The molecule has 0 aliphatic heterocycles. The molecule has 108 valence electrons. The van der Waals surface area contributed by atoms with E-state index in [0.717, 1.165) is 0 Å². The topological polar surface area (TPSA) is 64.3 Å². The number of hydrogen-bond acceptors (Lipinski definition) is 3. The number of carbonyl (C=O) groups is 1. The van der Waals surface area contributed by atoms with E-state index in [1.165, 1.54) is 18.2 Å². The van der Waals surface area contributed by atoms with Crippen molar-refractivity contribution >= 4 is 11.8 Å². The zero-order valence-electron chi connectivity index (χ0n) is 11.9. The number of halogens is 1. The van der Waals surface area contributed by atoms with Crippen LogP contribution in [0.25, 0.3) is 0 Å². The molecule has 0 radical (unpaired) electrons. The number of rotatable bonds is 2. The van der Waals surface area contributed by atoms with Gasteiger partial charge in [0, 0.05) is 18.7 Å². The number of nitrogens with two attached hydrogens (primary N) is 1. The van der Waals surface area contributed by atoms with Gasteiger partial charge < -0.3 is 15.8 Å². The summed E-state index contributed by atoms with van der Waals surface area (Å²) in [7, 11) is 0. The summed E-state index contributed by atoms with van der Waals surface area (Å²) in [5.41, 5.74) is 5.73. The van der Waals surface area contributed by atoms with Crippen LogP contribution in [0.15, 0.2) is 18.2 Å². The van der Waals surface area contributed by atoms with Crippen molar-refractivity contribution in [3.8, 4) is 11.8 Å². The third-order valence-corrected chi connectivity index (χ3v) is 2.13. The molecule has 1 aromatic rings. The first-order valence-corrected chi connectivity index (χ1v) is 6.29. The maximum absolute atomic E-state index is 13.3. The Morgan fingerprint density at radius 2 is 2.15 bits per heavy atom. The lowest BCUT2D eigenvalue weighted by atomic mass is 10.2. The summed E-state index contributed by atoms with van der Waals surface area (Å²) in [5, 5.41) is 2.57. The zero-order chi connectivity index (χ0) is 15.2. The molecule has 1 rings (SSSR count). The van der Waals surface area contributed by atoms with Crippen molar-refractivity contribution in [2.24, 2.45) is 0 Å². The van der Waals surface area contributed by atoms with Crippen molar-refractivity contribution in [2.75, 3.05) is 12.3 Å². The quantitative estimate of drug-likeness (QED) is 0.496. The highest BCUT2D eigenvalue weighted by Gasteiger charge is 2.15. The fourth-order valence-corrected chi connectivity index (χ4v) is 1.34. The highest BCUT2D eigenvalue weighted by Crippen LogP contribution is 2.10. The smallest absolute Gasteiger partial charge is 0.407 e. The van der Waals surface area contributed by atoms with Crippen LogP contribution < -0.4 is 11.1 Å². The zero-order valence-corrected chi connectivity index (χ0v) is 11.9. The summed E-state index contributed by atoms with van der Waals surface area (Å²) >= 11 is 0. The molecule has 0 fully saturated rings. The van der Waals surface area contributed by atoms with E-state index in [2.05, 4.69) is 17.2 Å². The molecule has 0 aromatic heterocycles. The normalized spacial score (nSPS) is 10.4. The third kappa shape index (κ3) is 6.10. The molecule has 0 aliphatic carbocycles. The molecule has 1 aromatic carbocycles. The Kier molecular flexibility index (Phi) is 5.39. The molecule has 4 nitrogen and oxygen atoms in total. The fraction of sp³-hybridized carbons (Fsp3) is 0.400. The molecule has 0 heterocycles. The molecule has 0 bridgehead atoms. The Morgan fingerprint density at radius 1 is 1.45 bits per heavy atom. The molecule has 0 atom stereocenters. The van der Waals surface area contributed by atoms with Crippen LogP contribution in [0.1, 0.15) is 32.8 Å². The monoisotopic (exact) mass is 278 g/mol. The van der Waals surface area contributed by atoms with Crippen LogP contribution >= 0.6 is 0 Å². The van der Waals surface area contributed by atoms with Gasteiger partial charge in [0.05, 0.1) is 5.56 Å². The van der Waals surface area contributed by atoms with Crippen LogP contribution in [-0.2, 0) is 4.74 Å². The van der Waals surface area contributed by atoms with Crippen LogP contribution in [0, 0.1) is 17.7 Å². The van der Waals surface area contributed by atoms with Gasteiger partial charge in [-0.25, -0.2) is 9.18 Å². The van der Waals surface area contributed by atoms with E-state index in [1.54, 1.807) is 20.8 Å². The van der Waals surface area contributed by atoms with Crippen molar-refractivity contribution in [3.63, 3.8) is 0 Å². The van der Waals surface area contributed by atoms with Crippen molar-refractivity contribution in [3.05, 3.63) is 29.6 Å². The van der Waals surface area contributed by atoms with Gasteiger partial charge in [-0.15, -0.1) is 0 Å². The van der Waals surface area contributed by atoms with Crippen LogP contribution in [0.2, 0.25) is 0 Å². The van der Waals surface area contributed by atoms with E-state index in [-0.39, 0.29) is 5.56 Å². The van der Waals surface area contributed by atoms with Crippen LogP contribution in [0.5, 0.6) is 0 Å². The van der Waals surface area contributed by atoms with Gasteiger partial charge in [-0.1, -0.05) is 11.8 Å². The van der Waals surface area contributed by atoms with Gasteiger partial charge in [-0.3, -0.25) is 0 Å². The second-order valence-corrected chi connectivity index (χ2v) is 5.22. The SMILES string of the molecule is CC(C)(C)OC(=O)NCCC#Cc1cc(N)ccc1F. The van der Waals surface area contributed by atoms with E-state index in [4.69, 9.17) is 10.5 Å². The van der Waals surface area contributed by atoms with E-state index in [1.807, 2.05) is 0 Å². The maximum atomic E-state index is 13.3. The molecule has 0 unspecified atom stereocenters. The third-order valence-electron chi connectivity index (χ3n) is 2.13. The second-order valence-electron chi connectivity index (χ2n) is 5.22. The minimum absolute atomic E-state index is 0.252. The lowest BCUT2D eigenvalue weighted by Gasteiger charge is -2.19. The van der Waals surface area contributed by atoms with Gasteiger partial charge in [0.1, 0.15) is 11.4 Å².